The molecule has 1 aromatic rings. The lowest BCUT2D eigenvalue weighted by Gasteiger charge is -2.18. The van der Waals surface area contributed by atoms with E-state index >= 15 is 0 Å². The monoisotopic (exact) mass is 737 g/mol. The number of hydrogen-bond donors (Lipinski definition) is 6. The lowest BCUT2D eigenvalue weighted by Crippen LogP contribution is -2.31. The van der Waals surface area contributed by atoms with Gasteiger partial charge in [-0.3, -0.25) is 9.98 Å². The Labute approximate surface area is 317 Å². The molecule has 0 saturated carbocycles. The van der Waals surface area contributed by atoms with Gasteiger partial charge in [0.25, 0.3) is 0 Å². The molecule has 2 radical (unpaired) electrons. The van der Waals surface area contributed by atoms with Gasteiger partial charge < -0.3 is 37.3 Å². The van der Waals surface area contributed by atoms with E-state index in [4.69, 9.17) is 18.3 Å². The van der Waals surface area contributed by atoms with Crippen LogP contribution in [0, 0.1) is 5.92 Å². The van der Waals surface area contributed by atoms with E-state index < -0.39 is 0 Å². The number of hydrogen-bond acceptors (Lipinski definition) is 10. The van der Waals surface area contributed by atoms with Crippen molar-refractivity contribution >= 4 is 51.4 Å². The molecule has 8 N–H and O–H groups in total. The van der Waals surface area contributed by atoms with Gasteiger partial charge in [-0.15, -0.1) is 0 Å². The molecule has 5 unspecified atom stereocenters. The molecule has 0 aromatic heterocycles. The van der Waals surface area contributed by atoms with E-state index in [2.05, 4.69) is 58.7 Å². The van der Waals surface area contributed by atoms with Crippen molar-refractivity contribution in [3.8, 4) is 0 Å². The first-order chi connectivity index (χ1) is 24.6. The number of nitrogens with zero attached hydrogens (tertiary/aromatic N) is 2. The van der Waals surface area contributed by atoms with E-state index in [1.165, 1.54) is 11.5 Å². The summed E-state index contributed by atoms with van der Waals surface area (Å²) < 4.78 is 5.87. The summed E-state index contributed by atoms with van der Waals surface area (Å²) in [5.74, 6) is 3.17. The van der Waals surface area contributed by atoms with E-state index in [-0.39, 0.29) is 24.2 Å². The second kappa shape index (κ2) is 30.4. The van der Waals surface area contributed by atoms with E-state index in [0.717, 1.165) is 65.4 Å². The van der Waals surface area contributed by atoms with Crippen LogP contribution >= 0.6 is 20.3 Å². The number of ether oxygens (including phenoxy) is 1. The number of thioether (sulfide) groups is 1. The fourth-order valence-corrected chi connectivity index (χ4v) is 6.92. The summed E-state index contributed by atoms with van der Waals surface area (Å²) >= 11 is 1.91. The van der Waals surface area contributed by atoms with E-state index in [1.807, 2.05) is 95.1 Å². The zero-order valence-corrected chi connectivity index (χ0v) is 33.9. The van der Waals surface area contributed by atoms with Gasteiger partial charge in [0.05, 0.1) is 31.1 Å². The van der Waals surface area contributed by atoms with Crippen LogP contribution in [0.1, 0.15) is 61.3 Å². The highest BCUT2D eigenvalue weighted by atomic mass is 32.2. The summed E-state index contributed by atoms with van der Waals surface area (Å²) in [5.41, 5.74) is 15.3. The summed E-state index contributed by atoms with van der Waals surface area (Å²) in [5, 5.41) is 21.2. The second-order valence-corrected chi connectivity index (χ2v) is 13.9. The highest BCUT2D eigenvalue weighted by Crippen LogP contribution is 2.32. The Kier molecular flexibility index (Phi) is 28.5. The van der Waals surface area contributed by atoms with Crippen LogP contribution in [-0.2, 0) is 4.74 Å². The van der Waals surface area contributed by atoms with Crippen LogP contribution in [0.15, 0.2) is 106 Å². The van der Waals surface area contributed by atoms with Crippen LogP contribution < -0.4 is 32.9 Å². The first kappa shape index (κ1) is 47.8. The van der Waals surface area contributed by atoms with Gasteiger partial charge in [-0.05, 0) is 75.5 Å². The number of amidine groups is 1. The van der Waals surface area contributed by atoms with Crippen molar-refractivity contribution in [3.05, 3.63) is 96.4 Å². The molecule has 12 heteroatoms. The molecular formula is C39H65BN7O2PS. The fourth-order valence-electron chi connectivity index (χ4n) is 5.02. The van der Waals surface area contributed by atoms with Gasteiger partial charge in [0.1, 0.15) is 19.4 Å². The van der Waals surface area contributed by atoms with Crippen molar-refractivity contribution in [2.75, 3.05) is 42.7 Å². The van der Waals surface area contributed by atoms with Crippen molar-refractivity contribution in [3.63, 3.8) is 0 Å². The maximum absolute atomic E-state index is 10.1. The minimum absolute atomic E-state index is 0.0271. The predicted molar refractivity (Wildman–Crippen MR) is 231 cm³/mol. The molecule has 9 nitrogen and oxygen atoms in total. The Hall–Kier alpha value is -3.24. The smallest absolute Gasteiger partial charge is 0.148 e. The van der Waals surface area contributed by atoms with E-state index in [9.17, 15) is 5.11 Å². The Morgan fingerprint density at radius 1 is 1.24 bits per heavy atom. The average molecular weight is 738 g/mol. The Morgan fingerprint density at radius 2 is 1.96 bits per heavy atom. The molecule has 282 valence electrons. The third-order valence-electron chi connectivity index (χ3n) is 7.41. The molecule has 2 heterocycles. The largest absolute Gasteiger partial charge is 0.405 e. The zero-order valence-electron chi connectivity index (χ0n) is 32.1. The number of nitrogens with two attached hydrogens (primary N) is 2. The van der Waals surface area contributed by atoms with Crippen LogP contribution in [0.25, 0.3) is 0 Å². The molecule has 2 aliphatic rings. The summed E-state index contributed by atoms with van der Waals surface area (Å²) in [7, 11) is 6.46. The van der Waals surface area contributed by atoms with Crippen molar-refractivity contribution in [2.24, 2.45) is 27.4 Å². The van der Waals surface area contributed by atoms with Crippen molar-refractivity contribution in [1.82, 2.24) is 10.6 Å². The third-order valence-corrected chi connectivity index (χ3v) is 9.63. The molecule has 2 aliphatic heterocycles. The summed E-state index contributed by atoms with van der Waals surface area (Å²) in [6.45, 7) is 23.1. The lowest BCUT2D eigenvalue weighted by atomic mass is 9.95. The Bertz CT molecular complexity index is 1320. The molecule has 0 amide bonds. The molecule has 1 saturated heterocycles. The molecule has 1 aromatic carbocycles. The van der Waals surface area contributed by atoms with Gasteiger partial charge >= 0.3 is 0 Å². The average Bonchev–Trinajstić information content (AvgIpc) is 3.39. The Morgan fingerprint density at radius 3 is 2.59 bits per heavy atom. The van der Waals surface area contributed by atoms with Gasteiger partial charge in [-0.1, -0.05) is 84.4 Å². The maximum Gasteiger partial charge on any atom is 0.148 e. The predicted octanol–water partition coefficient (Wildman–Crippen LogP) is 6.33. The normalized spacial score (nSPS) is 20.7. The molecule has 0 bridgehead atoms. The minimum Gasteiger partial charge on any atom is -0.405 e. The molecular weight excluding hydrogens is 672 g/mol. The number of nitrogens with one attached hydrogen (secondary N) is 3. The standard InChI is InChI=1S/C18H28N5P.C17H26BNO2S.C2H5N.C2H6/c1-5-8-15(9-6-2)10-20-11-16(19)12-22-18-17(21-7-3)14(4)24-13-23-18;1-3-15-16(21-12(2)17(15)20)11-22-9-5-8-19-14-7-4-6-13(18)10-14;1-2-3;1-2/h5-9,11,20,24H,1,10,12-13,19H2,2-4H3,(H,22,23);4,6-7,10,12,15-17,19-20H,3,5,8-9,11H2,1-2H3;2H,1,3H2;1-2H3/b9-6-,15-8+,16-11-,21-7?;;;. The van der Waals surface area contributed by atoms with Gasteiger partial charge in [-0.25, -0.2) is 0 Å². The van der Waals surface area contributed by atoms with Crippen molar-refractivity contribution in [1.29, 1.82) is 0 Å². The molecule has 1 fully saturated rings. The van der Waals surface area contributed by atoms with Gasteiger partial charge in [0.2, 0.25) is 0 Å². The van der Waals surface area contributed by atoms with Gasteiger partial charge in [0.15, 0.2) is 0 Å². The molecule has 0 spiro atoms. The minimum atomic E-state index is -0.305. The lowest BCUT2D eigenvalue weighted by molar-refractivity contribution is 0.0302. The highest BCUT2D eigenvalue weighted by molar-refractivity contribution is 7.99. The quantitative estimate of drug-likeness (QED) is 0.0380. The van der Waals surface area contributed by atoms with Crippen LogP contribution in [0.3, 0.4) is 0 Å². The summed E-state index contributed by atoms with van der Waals surface area (Å²) in [6.07, 6.45) is 15.4. The number of benzene rings is 1. The summed E-state index contributed by atoms with van der Waals surface area (Å²) in [4.78, 5) is 8.94. The fraction of sp³-hybridized carbons (Fsp3) is 0.487. The Balaban J connectivity index is 0.000000872. The van der Waals surface area contributed by atoms with Crippen molar-refractivity contribution < 1.29 is 9.84 Å². The third kappa shape index (κ3) is 20.4. The van der Waals surface area contributed by atoms with Gasteiger partial charge in [0, 0.05) is 48.6 Å². The number of anilines is 1. The van der Waals surface area contributed by atoms with Crippen LogP contribution in [0.5, 0.6) is 0 Å². The van der Waals surface area contributed by atoms with Crippen molar-refractivity contribution in [2.45, 2.75) is 79.6 Å². The van der Waals surface area contributed by atoms with Crippen LogP contribution in [-0.4, -0.2) is 80.7 Å². The number of aliphatic hydroxyl groups is 1. The van der Waals surface area contributed by atoms with E-state index in [0.29, 0.717) is 27.4 Å². The van der Waals surface area contributed by atoms with Crippen LogP contribution in [0.2, 0.25) is 0 Å². The van der Waals surface area contributed by atoms with Gasteiger partial charge in [-0.2, -0.15) is 11.8 Å². The van der Waals surface area contributed by atoms with Crippen LogP contribution in [0.4, 0.5) is 5.69 Å². The number of rotatable bonds is 16. The van der Waals surface area contributed by atoms with E-state index in [1.54, 1.807) is 12.3 Å². The summed E-state index contributed by atoms with van der Waals surface area (Å²) in [6, 6.07) is 7.84. The SMILES string of the molecule is C=C/C=C(\C=C/C)CN/C=C(\N)CNC1=NCPC(C)=C1N=CC.C=CN.CC.[B]c1cccc(NCCCSCC2OC(C)C(O)C2CC)c1. The number of allylic oxidation sites excluding steroid dienone is 4. The first-order valence-corrected chi connectivity index (χ1v) is 20.2. The maximum atomic E-state index is 10.1. The topological polar surface area (TPSA) is 142 Å². The molecule has 5 atom stereocenters. The second-order valence-electron chi connectivity index (χ2n) is 11.3. The first-order valence-electron chi connectivity index (χ1n) is 17.8. The number of aliphatic imine (C=N–C) groups is 2. The molecule has 0 aliphatic carbocycles. The highest BCUT2D eigenvalue weighted by Gasteiger charge is 2.39. The number of aliphatic hydroxyl groups excluding tert-OH is 1. The molecule has 3 rings (SSSR count). The molecule has 51 heavy (non-hydrogen) atoms. The zero-order chi connectivity index (χ0) is 38.4.